The van der Waals surface area contributed by atoms with Gasteiger partial charge in [0.1, 0.15) is 0 Å². The normalized spacial score (nSPS) is 24.3. The molecule has 2 rings (SSSR count). The molecule has 1 heterocycles. The molecule has 0 amide bonds. The number of hydrogen-bond acceptors (Lipinski definition) is 4. The van der Waals surface area contributed by atoms with Crippen LogP contribution in [0.4, 0.5) is 5.69 Å². The number of nitrogens with zero attached hydrogens (tertiary/aromatic N) is 1. The molecule has 0 radical (unpaired) electrons. The quantitative estimate of drug-likeness (QED) is 0.887. The molecule has 100 valence electrons. The molecule has 1 fully saturated rings. The number of halogens is 1. The number of nitrogens with two attached hydrogens (primary N) is 1. The lowest BCUT2D eigenvalue weighted by atomic mass is 10.1. The maximum atomic E-state index is 9.24. The van der Waals surface area contributed by atoms with Crippen LogP contribution in [0.2, 0.25) is 0 Å². The lowest BCUT2D eigenvalue weighted by molar-refractivity contribution is -0.0103. The highest BCUT2D eigenvalue weighted by Gasteiger charge is 2.27. The van der Waals surface area contributed by atoms with E-state index >= 15 is 0 Å². The molecular weight excluding hydrogens is 296 g/mol. The Morgan fingerprint density at radius 1 is 1.56 bits per heavy atom. The van der Waals surface area contributed by atoms with Gasteiger partial charge in [-0.2, -0.15) is 0 Å². The van der Waals surface area contributed by atoms with Crippen molar-refractivity contribution in [1.29, 1.82) is 0 Å². The van der Waals surface area contributed by atoms with Gasteiger partial charge in [-0.05, 0) is 24.6 Å². The van der Waals surface area contributed by atoms with E-state index in [1.54, 1.807) is 0 Å². The van der Waals surface area contributed by atoms with Gasteiger partial charge in [0.2, 0.25) is 0 Å². The summed E-state index contributed by atoms with van der Waals surface area (Å²) in [6.45, 7) is 4.00. The third kappa shape index (κ3) is 2.85. The first-order valence-corrected chi connectivity index (χ1v) is 6.92. The van der Waals surface area contributed by atoms with Crippen molar-refractivity contribution in [3.63, 3.8) is 0 Å². The summed E-state index contributed by atoms with van der Waals surface area (Å²) in [5.74, 6) is 0. The minimum atomic E-state index is -0.120. The van der Waals surface area contributed by atoms with Crippen molar-refractivity contribution in [3.05, 3.63) is 28.2 Å². The van der Waals surface area contributed by atoms with Gasteiger partial charge in [-0.1, -0.05) is 22.0 Å². The van der Waals surface area contributed by atoms with Gasteiger partial charge in [0.15, 0.2) is 0 Å². The number of benzene rings is 1. The molecule has 2 unspecified atom stereocenters. The van der Waals surface area contributed by atoms with Gasteiger partial charge in [0.05, 0.1) is 19.3 Å². The minimum absolute atomic E-state index is 0.0508. The van der Waals surface area contributed by atoms with Crippen molar-refractivity contribution < 1.29 is 9.84 Å². The molecule has 0 saturated carbocycles. The zero-order chi connectivity index (χ0) is 13.1. The van der Waals surface area contributed by atoms with Crippen LogP contribution in [0.25, 0.3) is 0 Å². The molecule has 0 spiro atoms. The molecule has 2 atom stereocenters. The zero-order valence-electron chi connectivity index (χ0n) is 10.5. The fourth-order valence-electron chi connectivity index (χ4n) is 2.24. The molecule has 1 aliphatic rings. The Hall–Kier alpha value is -0.620. The number of anilines is 1. The van der Waals surface area contributed by atoms with Crippen LogP contribution in [-0.2, 0) is 11.3 Å². The number of morpholine rings is 1. The largest absolute Gasteiger partial charge is 0.394 e. The highest BCUT2D eigenvalue weighted by Crippen LogP contribution is 2.28. The van der Waals surface area contributed by atoms with E-state index in [9.17, 15) is 5.11 Å². The predicted octanol–water partition coefficient (Wildman–Crippen LogP) is 1.49. The van der Waals surface area contributed by atoms with Gasteiger partial charge in [0, 0.05) is 29.3 Å². The molecule has 1 aliphatic heterocycles. The smallest absolute Gasteiger partial charge is 0.0981 e. The lowest BCUT2D eigenvalue weighted by Crippen LogP contribution is -2.50. The van der Waals surface area contributed by atoms with Crippen molar-refractivity contribution in [2.45, 2.75) is 25.6 Å². The van der Waals surface area contributed by atoms with E-state index in [-0.39, 0.29) is 18.8 Å². The Kier molecular flexibility index (Phi) is 4.61. The highest BCUT2D eigenvalue weighted by atomic mass is 79.9. The fraction of sp³-hybridized carbons (Fsp3) is 0.538. The number of rotatable bonds is 3. The van der Waals surface area contributed by atoms with Gasteiger partial charge in [-0.15, -0.1) is 0 Å². The van der Waals surface area contributed by atoms with Gasteiger partial charge in [-0.25, -0.2) is 0 Å². The van der Waals surface area contributed by atoms with E-state index in [0.29, 0.717) is 19.7 Å². The first kappa shape index (κ1) is 13.8. The van der Waals surface area contributed by atoms with E-state index in [4.69, 9.17) is 10.5 Å². The summed E-state index contributed by atoms with van der Waals surface area (Å²) >= 11 is 3.50. The Morgan fingerprint density at radius 2 is 2.33 bits per heavy atom. The van der Waals surface area contributed by atoms with Gasteiger partial charge < -0.3 is 20.5 Å². The average molecular weight is 315 g/mol. The van der Waals surface area contributed by atoms with Crippen LogP contribution in [0, 0.1) is 0 Å². The maximum Gasteiger partial charge on any atom is 0.0981 e. The summed E-state index contributed by atoms with van der Waals surface area (Å²) in [7, 11) is 0. The van der Waals surface area contributed by atoms with E-state index < -0.39 is 0 Å². The van der Waals surface area contributed by atoms with Crippen molar-refractivity contribution in [1.82, 2.24) is 0 Å². The summed E-state index contributed by atoms with van der Waals surface area (Å²) in [5, 5.41) is 9.24. The second-order valence-corrected chi connectivity index (χ2v) is 5.53. The summed E-state index contributed by atoms with van der Waals surface area (Å²) in [6.07, 6.45) is -0.120. The van der Waals surface area contributed by atoms with E-state index in [2.05, 4.69) is 33.8 Å². The molecule has 0 bridgehead atoms. The van der Waals surface area contributed by atoms with Crippen molar-refractivity contribution in [2.24, 2.45) is 5.73 Å². The summed E-state index contributed by atoms with van der Waals surface area (Å²) < 4.78 is 6.60. The highest BCUT2D eigenvalue weighted by molar-refractivity contribution is 9.10. The molecule has 1 aromatic carbocycles. The second kappa shape index (κ2) is 6.02. The first-order valence-electron chi connectivity index (χ1n) is 6.13. The molecule has 18 heavy (non-hydrogen) atoms. The molecule has 5 heteroatoms. The molecule has 1 saturated heterocycles. The predicted molar refractivity (Wildman–Crippen MR) is 75.7 cm³/mol. The van der Waals surface area contributed by atoms with Crippen LogP contribution in [0.3, 0.4) is 0 Å². The molecule has 1 aromatic rings. The Balaban J connectivity index is 2.30. The van der Waals surface area contributed by atoms with Crippen LogP contribution in [-0.4, -0.2) is 37.0 Å². The Morgan fingerprint density at radius 3 is 3.00 bits per heavy atom. The third-order valence-electron chi connectivity index (χ3n) is 3.29. The van der Waals surface area contributed by atoms with E-state index in [0.717, 1.165) is 15.7 Å². The van der Waals surface area contributed by atoms with Crippen LogP contribution >= 0.6 is 15.9 Å². The molecule has 3 N–H and O–H groups in total. The topological polar surface area (TPSA) is 58.7 Å². The average Bonchev–Trinajstić information content (AvgIpc) is 2.39. The number of aliphatic hydroxyl groups is 1. The van der Waals surface area contributed by atoms with Gasteiger partial charge in [0.25, 0.3) is 0 Å². The third-order valence-corrected chi connectivity index (χ3v) is 3.78. The summed E-state index contributed by atoms with van der Waals surface area (Å²) in [5.41, 5.74) is 8.04. The van der Waals surface area contributed by atoms with Crippen molar-refractivity contribution >= 4 is 21.6 Å². The number of aliphatic hydroxyl groups excluding tert-OH is 1. The monoisotopic (exact) mass is 314 g/mol. The van der Waals surface area contributed by atoms with Gasteiger partial charge >= 0.3 is 0 Å². The summed E-state index contributed by atoms with van der Waals surface area (Å²) in [6, 6.07) is 6.40. The molecule has 0 aromatic heterocycles. The standard InChI is InChI=1S/C13H19BrN2O2/c1-9-8-18-12(7-17)6-16(9)13-4-11(14)3-2-10(13)5-15/h2-4,9,12,17H,5-8,15H2,1H3. The van der Waals surface area contributed by atoms with E-state index in [1.165, 1.54) is 0 Å². The Labute approximate surface area is 116 Å². The van der Waals surface area contributed by atoms with Crippen molar-refractivity contribution in [3.8, 4) is 0 Å². The molecule has 4 nitrogen and oxygen atoms in total. The van der Waals surface area contributed by atoms with Crippen LogP contribution in [0.15, 0.2) is 22.7 Å². The minimum Gasteiger partial charge on any atom is -0.394 e. The second-order valence-electron chi connectivity index (χ2n) is 4.62. The zero-order valence-corrected chi connectivity index (χ0v) is 12.1. The summed E-state index contributed by atoms with van der Waals surface area (Å²) in [4.78, 5) is 2.26. The molecular formula is C13H19BrN2O2. The maximum absolute atomic E-state index is 9.24. The number of ether oxygens (including phenoxy) is 1. The van der Waals surface area contributed by atoms with Crippen LogP contribution < -0.4 is 10.6 Å². The van der Waals surface area contributed by atoms with Crippen LogP contribution in [0.1, 0.15) is 12.5 Å². The van der Waals surface area contributed by atoms with E-state index in [1.807, 2.05) is 12.1 Å². The van der Waals surface area contributed by atoms with Gasteiger partial charge in [-0.3, -0.25) is 0 Å². The fourth-order valence-corrected chi connectivity index (χ4v) is 2.59. The first-order chi connectivity index (χ1) is 8.65. The molecule has 0 aliphatic carbocycles. The lowest BCUT2D eigenvalue weighted by Gasteiger charge is -2.40. The number of hydrogen-bond donors (Lipinski definition) is 2. The van der Waals surface area contributed by atoms with Crippen molar-refractivity contribution in [2.75, 3.05) is 24.7 Å². The Bertz CT molecular complexity index is 414. The SMILES string of the molecule is CC1COC(CO)CN1c1cc(Br)ccc1CN. The van der Waals surface area contributed by atoms with Crippen LogP contribution in [0.5, 0.6) is 0 Å².